The molecule has 3 rings (SSSR count). The van der Waals surface area contributed by atoms with Gasteiger partial charge in [-0.15, -0.1) is 0 Å². The molecule has 2 unspecified atom stereocenters. The van der Waals surface area contributed by atoms with Gasteiger partial charge in [0, 0.05) is 17.9 Å². The molecular weight excluding hydrogens is 354 g/mol. The van der Waals surface area contributed by atoms with Crippen LogP contribution in [0, 0.1) is 5.92 Å². The summed E-state index contributed by atoms with van der Waals surface area (Å²) in [5.74, 6) is 2.44. The Morgan fingerprint density at radius 3 is 2.48 bits per heavy atom. The van der Waals surface area contributed by atoms with Crippen LogP contribution in [0.2, 0.25) is 0 Å². The van der Waals surface area contributed by atoms with Crippen LogP contribution in [0.1, 0.15) is 70.4 Å². The van der Waals surface area contributed by atoms with Gasteiger partial charge in [-0.25, -0.2) is 4.98 Å². The number of hydrogen-bond acceptors (Lipinski definition) is 3. The summed E-state index contributed by atoms with van der Waals surface area (Å²) >= 11 is 0. The number of benzene rings is 1. The number of allylic oxidation sites excluding steroid dienone is 2. The minimum absolute atomic E-state index is 0.288. The molecule has 0 bridgehead atoms. The molecule has 1 aromatic heterocycles. The first-order valence-electron chi connectivity index (χ1n) is 11.0. The second kappa shape index (κ2) is 9.78. The monoisotopic (exact) mass is 389 g/mol. The maximum atomic E-state index is 4.74. The van der Waals surface area contributed by atoms with Crippen molar-refractivity contribution in [1.82, 2.24) is 4.98 Å². The smallest absolute Gasteiger partial charge is 0.154 e. The van der Waals surface area contributed by atoms with E-state index in [2.05, 4.69) is 99.9 Å². The number of hydrogen-bond donors (Lipinski definition) is 2. The fourth-order valence-corrected chi connectivity index (χ4v) is 4.19. The average Bonchev–Trinajstić information content (AvgIpc) is 2.71. The summed E-state index contributed by atoms with van der Waals surface area (Å²) in [6.45, 7) is 11.4. The quantitative estimate of drug-likeness (QED) is 0.494. The lowest BCUT2D eigenvalue weighted by Gasteiger charge is -2.26. The van der Waals surface area contributed by atoms with E-state index in [1.165, 1.54) is 11.1 Å². The molecule has 3 heteroatoms. The Morgan fingerprint density at radius 2 is 1.83 bits per heavy atom. The standard InChI is InChI=1S/C26H35N3/c1-6-21(18(2)3)23-14-10-11-15-24(23)29-26-25(22(19(4)5)16-17-27-26)28-20-12-8-7-9-13-20/h7-12,14-21,28H,6,13H2,1-5H3,(H,27,29). The minimum atomic E-state index is 0.288. The Bertz CT molecular complexity index is 864. The summed E-state index contributed by atoms with van der Waals surface area (Å²) < 4.78 is 0. The lowest BCUT2D eigenvalue weighted by molar-refractivity contribution is 0.486. The molecule has 0 fully saturated rings. The number of anilines is 3. The van der Waals surface area contributed by atoms with Crippen LogP contribution in [-0.4, -0.2) is 11.0 Å². The van der Waals surface area contributed by atoms with Crippen LogP contribution in [0.25, 0.3) is 0 Å². The van der Waals surface area contributed by atoms with E-state index in [0.717, 1.165) is 30.0 Å². The molecule has 1 heterocycles. The van der Waals surface area contributed by atoms with Crippen molar-refractivity contribution < 1.29 is 0 Å². The third kappa shape index (κ3) is 5.09. The Morgan fingerprint density at radius 1 is 1.03 bits per heavy atom. The van der Waals surface area contributed by atoms with Crippen LogP contribution >= 0.6 is 0 Å². The van der Waals surface area contributed by atoms with Gasteiger partial charge in [-0.05, 0) is 53.9 Å². The molecule has 2 N–H and O–H groups in total. The van der Waals surface area contributed by atoms with Gasteiger partial charge in [-0.2, -0.15) is 0 Å². The zero-order valence-electron chi connectivity index (χ0n) is 18.4. The average molecular weight is 390 g/mol. The minimum Gasteiger partial charge on any atom is -0.375 e. The second-order valence-corrected chi connectivity index (χ2v) is 8.55. The zero-order chi connectivity index (χ0) is 20.8. The van der Waals surface area contributed by atoms with Crippen molar-refractivity contribution in [3.8, 4) is 0 Å². The van der Waals surface area contributed by atoms with Gasteiger partial charge in [0.1, 0.15) is 0 Å². The number of aromatic nitrogens is 1. The molecule has 3 nitrogen and oxygen atoms in total. The van der Waals surface area contributed by atoms with Crippen LogP contribution in [0.4, 0.5) is 17.2 Å². The molecule has 2 aromatic rings. The molecule has 0 radical (unpaired) electrons. The van der Waals surface area contributed by atoms with Crippen LogP contribution in [0.15, 0.2) is 60.8 Å². The van der Waals surface area contributed by atoms with Crippen LogP contribution < -0.4 is 10.6 Å². The maximum absolute atomic E-state index is 4.74. The summed E-state index contributed by atoms with van der Waals surface area (Å²) in [4.78, 5) is 4.74. The highest BCUT2D eigenvalue weighted by atomic mass is 15.1. The van der Waals surface area contributed by atoms with E-state index >= 15 is 0 Å². The molecule has 1 aliphatic rings. The summed E-state index contributed by atoms with van der Waals surface area (Å²) in [7, 11) is 0. The molecule has 2 atom stereocenters. The van der Waals surface area contributed by atoms with Crippen molar-refractivity contribution in [2.45, 2.75) is 65.3 Å². The molecule has 1 aromatic carbocycles. The number of rotatable bonds is 8. The number of nitrogens with one attached hydrogen (secondary N) is 2. The summed E-state index contributed by atoms with van der Waals surface area (Å²) in [5, 5.41) is 7.42. The molecule has 29 heavy (non-hydrogen) atoms. The van der Waals surface area contributed by atoms with Crippen LogP contribution in [0.3, 0.4) is 0 Å². The predicted molar refractivity (Wildman–Crippen MR) is 126 cm³/mol. The van der Waals surface area contributed by atoms with E-state index in [1.54, 1.807) is 0 Å². The van der Waals surface area contributed by atoms with Crippen molar-refractivity contribution in [3.63, 3.8) is 0 Å². The van der Waals surface area contributed by atoms with E-state index in [-0.39, 0.29) is 6.04 Å². The molecule has 0 saturated heterocycles. The van der Waals surface area contributed by atoms with Gasteiger partial charge in [0.15, 0.2) is 5.82 Å². The second-order valence-electron chi connectivity index (χ2n) is 8.55. The first kappa shape index (κ1) is 21.2. The van der Waals surface area contributed by atoms with Crippen molar-refractivity contribution in [2.75, 3.05) is 10.6 Å². The number of para-hydroxylation sites is 1. The normalized spacial score (nSPS) is 17.0. The van der Waals surface area contributed by atoms with Crippen molar-refractivity contribution in [3.05, 3.63) is 72.0 Å². The Labute approximate surface area is 176 Å². The highest BCUT2D eigenvalue weighted by Gasteiger charge is 2.20. The molecule has 154 valence electrons. The molecule has 0 saturated carbocycles. The molecule has 0 spiro atoms. The summed E-state index contributed by atoms with van der Waals surface area (Å²) in [6, 6.07) is 11.1. The SMILES string of the molecule is CCC(c1ccccc1Nc1nccc(C(C)C)c1NC1C=CC=CC1)C(C)C. The van der Waals surface area contributed by atoms with Crippen LogP contribution in [-0.2, 0) is 0 Å². The van der Waals surface area contributed by atoms with Gasteiger partial charge in [0.2, 0.25) is 0 Å². The van der Waals surface area contributed by atoms with E-state index < -0.39 is 0 Å². The summed E-state index contributed by atoms with van der Waals surface area (Å²) in [6.07, 6.45) is 12.7. The zero-order valence-corrected chi connectivity index (χ0v) is 18.4. The van der Waals surface area contributed by atoms with Crippen molar-refractivity contribution >= 4 is 17.2 Å². The van der Waals surface area contributed by atoms with Crippen molar-refractivity contribution in [1.29, 1.82) is 0 Å². The molecule has 1 aliphatic carbocycles. The van der Waals surface area contributed by atoms with E-state index in [9.17, 15) is 0 Å². The Balaban J connectivity index is 1.98. The summed E-state index contributed by atoms with van der Waals surface area (Å²) in [5.41, 5.74) is 4.93. The fraction of sp³-hybridized carbons (Fsp3) is 0.423. The lowest BCUT2D eigenvalue weighted by atomic mass is 9.85. The largest absolute Gasteiger partial charge is 0.375 e. The first-order valence-corrected chi connectivity index (χ1v) is 11.0. The van der Waals surface area contributed by atoms with E-state index in [0.29, 0.717) is 17.8 Å². The predicted octanol–water partition coefficient (Wildman–Crippen LogP) is 7.39. The van der Waals surface area contributed by atoms with Crippen molar-refractivity contribution in [2.24, 2.45) is 5.92 Å². The Kier molecular flexibility index (Phi) is 7.13. The highest BCUT2D eigenvalue weighted by molar-refractivity contribution is 5.76. The van der Waals surface area contributed by atoms with Gasteiger partial charge in [0.25, 0.3) is 0 Å². The molecule has 0 aliphatic heterocycles. The Hall–Kier alpha value is -2.55. The van der Waals surface area contributed by atoms with Gasteiger partial charge in [-0.1, -0.05) is 77.1 Å². The first-order chi connectivity index (χ1) is 14.0. The van der Waals surface area contributed by atoms with E-state index in [1.807, 2.05) is 6.20 Å². The van der Waals surface area contributed by atoms with Gasteiger partial charge in [-0.3, -0.25) is 0 Å². The maximum Gasteiger partial charge on any atom is 0.154 e. The van der Waals surface area contributed by atoms with Crippen LogP contribution in [0.5, 0.6) is 0 Å². The van der Waals surface area contributed by atoms with Gasteiger partial charge < -0.3 is 10.6 Å². The third-order valence-corrected chi connectivity index (χ3v) is 5.77. The van der Waals surface area contributed by atoms with Gasteiger partial charge in [0.05, 0.1) is 5.69 Å². The number of pyridine rings is 1. The number of nitrogens with zero attached hydrogens (tertiary/aromatic N) is 1. The molecular formula is C26H35N3. The van der Waals surface area contributed by atoms with Gasteiger partial charge >= 0.3 is 0 Å². The third-order valence-electron chi connectivity index (χ3n) is 5.77. The lowest BCUT2D eigenvalue weighted by Crippen LogP contribution is -2.20. The topological polar surface area (TPSA) is 37.0 Å². The fourth-order valence-electron chi connectivity index (χ4n) is 4.19. The highest BCUT2D eigenvalue weighted by Crippen LogP contribution is 2.37. The van der Waals surface area contributed by atoms with E-state index in [4.69, 9.17) is 4.98 Å². The molecule has 0 amide bonds.